The first-order valence-corrected chi connectivity index (χ1v) is 6.91. The third-order valence-corrected chi connectivity index (χ3v) is 4.18. The molecule has 0 aromatic carbocycles. The Morgan fingerprint density at radius 2 is 2.06 bits per heavy atom. The van der Waals surface area contributed by atoms with Crippen LogP contribution >= 0.6 is 0 Å². The minimum Gasteiger partial charge on any atom is -0.381 e. The molecule has 1 amide bonds. The minimum absolute atomic E-state index is 0.104. The van der Waals surface area contributed by atoms with Gasteiger partial charge in [-0.3, -0.25) is 4.79 Å². The van der Waals surface area contributed by atoms with E-state index in [9.17, 15) is 4.79 Å². The lowest BCUT2D eigenvalue weighted by Gasteiger charge is -2.34. The van der Waals surface area contributed by atoms with E-state index in [4.69, 9.17) is 15.2 Å². The Kier molecular flexibility index (Phi) is 4.97. The zero-order valence-electron chi connectivity index (χ0n) is 11.0. The van der Waals surface area contributed by atoms with E-state index in [1.54, 1.807) is 0 Å². The van der Waals surface area contributed by atoms with Crippen molar-refractivity contribution in [3.63, 3.8) is 0 Å². The fourth-order valence-electron chi connectivity index (χ4n) is 2.67. The zero-order valence-corrected chi connectivity index (χ0v) is 11.0. The standard InChI is InChI=1S/C13H24N2O3/c14-10-13(3-7-17-8-4-13)12(16)15-5-1-11-2-6-18-9-11/h11H,1-10,14H2,(H,15,16). The normalized spacial score (nSPS) is 27.1. The molecule has 1 unspecified atom stereocenters. The van der Waals surface area contributed by atoms with Gasteiger partial charge in [0, 0.05) is 39.5 Å². The smallest absolute Gasteiger partial charge is 0.227 e. The van der Waals surface area contributed by atoms with Gasteiger partial charge in [-0.1, -0.05) is 0 Å². The molecule has 5 nitrogen and oxygen atoms in total. The number of amides is 1. The lowest BCUT2D eigenvalue weighted by Crippen LogP contribution is -2.49. The molecule has 2 rings (SSSR count). The monoisotopic (exact) mass is 256 g/mol. The Balaban J connectivity index is 1.74. The first-order valence-electron chi connectivity index (χ1n) is 6.91. The highest BCUT2D eigenvalue weighted by Crippen LogP contribution is 2.29. The molecule has 3 N–H and O–H groups in total. The van der Waals surface area contributed by atoms with Gasteiger partial charge >= 0.3 is 0 Å². The summed E-state index contributed by atoms with van der Waals surface area (Å²) in [6.45, 7) is 4.13. The molecule has 104 valence electrons. The van der Waals surface area contributed by atoms with Gasteiger partial charge in [-0.05, 0) is 31.6 Å². The molecule has 2 fully saturated rings. The van der Waals surface area contributed by atoms with Crippen LogP contribution in [0.25, 0.3) is 0 Å². The quantitative estimate of drug-likeness (QED) is 0.741. The van der Waals surface area contributed by atoms with Crippen LogP contribution in [0.4, 0.5) is 0 Å². The van der Waals surface area contributed by atoms with Crippen LogP contribution < -0.4 is 11.1 Å². The minimum atomic E-state index is -0.398. The van der Waals surface area contributed by atoms with Crippen molar-refractivity contribution in [3.8, 4) is 0 Å². The van der Waals surface area contributed by atoms with E-state index in [0.29, 0.717) is 25.7 Å². The molecule has 2 heterocycles. The second kappa shape index (κ2) is 6.50. The fraction of sp³-hybridized carbons (Fsp3) is 0.923. The Hall–Kier alpha value is -0.650. The topological polar surface area (TPSA) is 73.6 Å². The second-order valence-electron chi connectivity index (χ2n) is 5.37. The van der Waals surface area contributed by atoms with Gasteiger partial charge in [0.25, 0.3) is 0 Å². The lowest BCUT2D eigenvalue weighted by molar-refractivity contribution is -0.135. The maximum atomic E-state index is 12.2. The van der Waals surface area contributed by atoms with Crippen molar-refractivity contribution < 1.29 is 14.3 Å². The van der Waals surface area contributed by atoms with Crippen molar-refractivity contribution in [2.45, 2.75) is 25.7 Å². The number of carbonyl (C=O) groups is 1. The number of rotatable bonds is 5. The predicted octanol–water partition coefficient (Wildman–Crippen LogP) is 0.285. The maximum Gasteiger partial charge on any atom is 0.227 e. The van der Waals surface area contributed by atoms with E-state index in [1.807, 2.05) is 0 Å². The molecule has 5 heteroatoms. The van der Waals surface area contributed by atoms with Crippen LogP contribution in [0.15, 0.2) is 0 Å². The van der Waals surface area contributed by atoms with Crippen molar-refractivity contribution in [1.29, 1.82) is 0 Å². The third-order valence-electron chi connectivity index (χ3n) is 4.18. The summed E-state index contributed by atoms with van der Waals surface area (Å²) >= 11 is 0. The van der Waals surface area contributed by atoms with E-state index in [1.165, 1.54) is 0 Å². The molecular weight excluding hydrogens is 232 g/mol. The van der Waals surface area contributed by atoms with Crippen molar-refractivity contribution in [2.75, 3.05) is 39.5 Å². The average Bonchev–Trinajstić information content (AvgIpc) is 2.92. The molecule has 0 aromatic heterocycles. The second-order valence-corrected chi connectivity index (χ2v) is 5.37. The number of ether oxygens (including phenoxy) is 2. The number of hydrogen-bond acceptors (Lipinski definition) is 4. The van der Waals surface area contributed by atoms with Gasteiger partial charge in [0.15, 0.2) is 0 Å². The number of nitrogens with one attached hydrogen (secondary N) is 1. The molecule has 2 saturated heterocycles. The largest absolute Gasteiger partial charge is 0.381 e. The van der Waals surface area contributed by atoms with Crippen LogP contribution in [-0.2, 0) is 14.3 Å². The Morgan fingerprint density at radius 1 is 1.28 bits per heavy atom. The molecule has 0 bridgehead atoms. The van der Waals surface area contributed by atoms with Crippen LogP contribution in [-0.4, -0.2) is 45.4 Å². The van der Waals surface area contributed by atoms with Gasteiger partial charge in [-0.2, -0.15) is 0 Å². The number of carbonyl (C=O) groups excluding carboxylic acids is 1. The molecule has 2 aliphatic rings. The number of hydrogen-bond donors (Lipinski definition) is 2. The first-order chi connectivity index (χ1) is 8.77. The Morgan fingerprint density at radius 3 is 2.67 bits per heavy atom. The van der Waals surface area contributed by atoms with Crippen molar-refractivity contribution in [2.24, 2.45) is 17.1 Å². The van der Waals surface area contributed by atoms with E-state index >= 15 is 0 Å². The Bertz CT molecular complexity index is 271. The highest BCUT2D eigenvalue weighted by molar-refractivity contribution is 5.83. The summed E-state index contributed by atoms with van der Waals surface area (Å²) in [6.07, 6.45) is 3.60. The van der Waals surface area contributed by atoms with Gasteiger partial charge < -0.3 is 20.5 Å². The predicted molar refractivity (Wildman–Crippen MR) is 68.1 cm³/mol. The summed E-state index contributed by atoms with van der Waals surface area (Å²) < 4.78 is 10.6. The molecule has 0 radical (unpaired) electrons. The summed E-state index contributed by atoms with van der Waals surface area (Å²) in [5, 5.41) is 3.04. The van der Waals surface area contributed by atoms with Crippen molar-refractivity contribution in [1.82, 2.24) is 5.32 Å². The van der Waals surface area contributed by atoms with Crippen molar-refractivity contribution >= 4 is 5.91 Å². The zero-order chi connectivity index (χ0) is 12.8. The van der Waals surface area contributed by atoms with Gasteiger partial charge in [0.05, 0.1) is 5.41 Å². The SMILES string of the molecule is NCC1(C(=O)NCCC2CCOC2)CCOCC1. The summed E-state index contributed by atoms with van der Waals surface area (Å²) in [4.78, 5) is 12.2. The van der Waals surface area contributed by atoms with E-state index in [2.05, 4.69) is 5.32 Å². The summed E-state index contributed by atoms with van der Waals surface area (Å²) in [6, 6.07) is 0. The van der Waals surface area contributed by atoms with E-state index in [0.717, 1.165) is 45.4 Å². The Labute approximate surface area is 108 Å². The highest BCUT2D eigenvalue weighted by Gasteiger charge is 2.38. The molecule has 0 aromatic rings. The molecule has 18 heavy (non-hydrogen) atoms. The highest BCUT2D eigenvalue weighted by atomic mass is 16.5. The number of nitrogens with two attached hydrogens (primary N) is 1. The molecule has 2 aliphatic heterocycles. The van der Waals surface area contributed by atoms with Gasteiger partial charge in [-0.25, -0.2) is 0 Å². The molecule has 0 aliphatic carbocycles. The van der Waals surface area contributed by atoms with Crippen LogP contribution in [0, 0.1) is 11.3 Å². The van der Waals surface area contributed by atoms with Crippen molar-refractivity contribution in [3.05, 3.63) is 0 Å². The summed E-state index contributed by atoms with van der Waals surface area (Å²) in [5.41, 5.74) is 5.40. The molecule has 1 atom stereocenters. The summed E-state index contributed by atoms with van der Waals surface area (Å²) in [7, 11) is 0. The van der Waals surface area contributed by atoms with Crippen LogP contribution in [0.5, 0.6) is 0 Å². The first kappa shape index (κ1) is 13.8. The van der Waals surface area contributed by atoms with Gasteiger partial charge in [0.1, 0.15) is 0 Å². The van der Waals surface area contributed by atoms with Crippen LogP contribution in [0.2, 0.25) is 0 Å². The average molecular weight is 256 g/mol. The van der Waals surface area contributed by atoms with E-state index in [-0.39, 0.29) is 5.91 Å². The van der Waals surface area contributed by atoms with Crippen LogP contribution in [0.3, 0.4) is 0 Å². The third kappa shape index (κ3) is 3.22. The maximum absolute atomic E-state index is 12.2. The molecule has 0 saturated carbocycles. The molecule has 0 spiro atoms. The fourth-order valence-corrected chi connectivity index (χ4v) is 2.67. The summed E-state index contributed by atoms with van der Waals surface area (Å²) in [5.74, 6) is 0.709. The van der Waals surface area contributed by atoms with Crippen LogP contribution in [0.1, 0.15) is 25.7 Å². The lowest BCUT2D eigenvalue weighted by atomic mass is 9.79. The van der Waals surface area contributed by atoms with Gasteiger partial charge in [-0.15, -0.1) is 0 Å². The molecular formula is C13H24N2O3. The van der Waals surface area contributed by atoms with Gasteiger partial charge in [0.2, 0.25) is 5.91 Å². The van der Waals surface area contributed by atoms with E-state index < -0.39 is 5.41 Å².